The molecular weight excluding hydrogens is 278 g/mol. The summed E-state index contributed by atoms with van der Waals surface area (Å²) in [5, 5.41) is 0. The Morgan fingerprint density at radius 1 is 1.25 bits per heavy atom. The van der Waals surface area contributed by atoms with Crippen LogP contribution in [0.4, 0.5) is 5.82 Å². The van der Waals surface area contributed by atoms with Gasteiger partial charge in [-0.05, 0) is 26.0 Å². The Kier molecular flexibility index (Phi) is 4.59. The lowest BCUT2D eigenvalue weighted by Crippen LogP contribution is -2.50. The van der Waals surface area contributed by atoms with Crippen LogP contribution in [0.25, 0.3) is 0 Å². The van der Waals surface area contributed by atoms with Crippen LogP contribution in [-0.4, -0.2) is 54.8 Å². The summed E-state index contributed by atoms with van der Waals surface area (Å²) in [5.74, 6) is 5.66. The van der Waals surface area contributed by atoms with Crippen molar-refractivity contribution in [2.24, 2.45) is 5.84 Å². The zero-order valence-electron chi connectivity index (χ0n) is 11.8. The highest BCUT2D eigenvalue weighted by Crippen LogP contribution is 2.18. The standard InChI is InChI=1S/C12H21N5O2S/c1-10(2)16-5-7-17(8-6-16)20(18,19)11-3-4-12(15-13)14-9-11/h3-4,9-10H,5-8,13H2,1-2H3,(H,14,15). The number of anilines is 1. The summed E-state index contributed by atoms with van der Waals surface area (Å²) in [6.45, 7) is 6.77. The largest absolute Gasteiger partial charge is 0.308 e. The molecule has 0 radical (unpaired) electrons. The number of hydrazine groups is 1. The first-order valence-electron chi connectivity index (χ1n) is 6.62. The monoisotopic (exact) mass is 299 g/mol. The zero-order chi connectivity index (χ0) is 14.8. The van der Waals surface area contributed by atoms with Crippen LogP contribution in [0.3, 0.4) is 0 Å². The number of pyridine rings is 1. The molecule has 8 heteroatoms. The molecule has 1 aliphatic heterocycles. The summed E-state index contributed by atoms with van der Waals surface area (Å²) in [6, 6.07) is 3.51. The molecule has 0 spiro atoms. The number of hydrogen-bond donors (Lipinski definition) is 2. The van der Waals surface area contributed by atoms with Gasteiger partial charge >= 0.3 is 0 Å². The van der Waals surface area contributed by atoms with Crippen molar-refractivity contribution in [3.05, 3.63) is 18.3 Å². The van der Waals surface area contributed by atoms with E-state index in [1.165, 1.54) is 16.6 Å². The maximum atomic E-state index is 12.5. The molecular formula is C12H21N5O2S. The highest BCUT2D eigenvalue weighted by atomic mass is 32.2. The molecule has 0 aromatic carbocycles. The van der Waals surface area contributed by atoms with Gasteiger partial charge in [0.2, 0.25) is 10.0 Å². The lowest BCUT2D eigenvalue weighted by Gasteiger charge is -2.36. The predicted octanol–water partition coefficient (Wildman–Crippen LogP) is 0.0819. The number of nitrogens with zero attached hydrogens (tertiary/aromatic N) is 3. The molecule has 0 atom stereocenters. The molecule has 1 aliphatic rings. The SMILES string of the molecule is CC(C)N1CCN(S(=O)(=O)c2ccc(NN)nc2)CC1. The molecule has 0 unspecified atom stereocenters. The van der Waals surface area contributed by atoms with E-state index in [0.29, 0.717) is 24.9 Å². The van der Waals surface area contributed by atoms with Gasteiger partial charge in [0.1, 0.15) is 10.7 Å². The second kappa shape index (κ2) is 6.04. The van der Waals surface area contributed by atoms with Gasteiger partial charge in [-0.2, -0.15) is 4.31 Å². The van der Waals surface area contributed by atoms with Crippen LogP contribution in [0, 0.1) is 0 Å². The first-order chi connectivity index (χ1) is 9.45. The molecule has 7 nitrogen and oxygen atoms in total. The average Bonchev–Trinajstić information content (AvgIpc) is 2.47. The van der Waals surface area contributed by atoms with E-state index >= 15 is 0 Å². The van der Waals surface area contributed by atoms with E-state index in [1.807, 2.05) is 0 Å². The van der Waals surface area contributed by atoms with Crippen LogP contribution in [0.15, 0.2) is 23.2 Å². The first-order valence-corrected chi connectivity index (χ1v) is 8.06. The van der Waals surface area contributed by atoms with Crippen molar-refractivity contribution < 1.29 is 8.42 Å². The molecule has 20 heavy (non-hydrogen) atoms. The summed E-state index contributed by atoms with van der Waals surface area (Å²) in [5.41, 5.74) is 2.38. The van der Waals surface area contributed by atoms with Crippen molar-refractivity contribution >= 4 is 15.8 Å². The van der Waals surface area contributed by atoms with Crippen LogP contribution in [0.2, 0.25) is 0 Å². The molecule has 112 valence electrons. The third-order valence-corrected chi connectivity index (χ3v) is 5.41. The minimum absolute atomic E-state index is 0.203. The third kappa shape index (κ3) is 3.09. The van der Waals surface area contributed by atoms with Gasteiger partial charge in [-0.3, -0.25) is 4.90 Å². The fourth-order valence-electron chi connectivity index (χ4n) is 2.23. The molecule has 0 aliphatic carbocycles. The van der Waals surface area contributed by atoms with Gasteiger partial charge < -0.3 is 5.43 Å². The Balaban J connectivity index is 2.11. The summed E-state index contributed by atoms with van der Waals surface area (Å²) in [7, 11) is -3.46. The number of nitrogens with two attached hydrogens (primary N) is 1. The Hall–Kier alpha value is -1.22. The minimum atomic E-state index is -3.46. The van der Waals surface area contributed by atoms with Gasteiger partial charge in [0.05, 0.1) is 0 Å². The number of rotatable bonds is 4. The molecule has 0 saturated carbocycles. The van der Waals surface area contributed by atoms with Gasteiger partial charge in [0, 0.05) is 38.4 Å². The number of piperazine rings is 1. The first kappa shape index (κ1) is 15.2. The Morgan fingerprint density at radius 3 is 2.35 bits per heavy atom. The quantitative estimate of drug-likeness (QED) is 0.604. The second-order valence-electron chi connectivity index (χ2n) is 5.06. The van der Waals surface area contributed by atoms with Gasteiger partial charge in [-0.15, -0.1) is 0 Å². The Bertz CT molecular complexity index is 535. The molecule has 1 saturated heterocycles. The fourth-order valence-corrected chi connectivity index (χ4v) is 3.60. The van der Waals surface area contributed by atoms with Crippen molar-refractivity contribution in [3.8, 4) is 0 Å². The van der Waals surface area contributed by atoms with Crippen molar-refractivity contribution in [2.45, 2.75) is 24.8 Å². The van der Waals surface area contributed by atoms with Crippen LogP contribution in [0.1, 0.15) is 13.8 Å². The van der Waals surface area contributed by atoms with E-state index in [-0.39, 0.29) is 4.90 Å². The predicted molar refractivity (Wildman–Crippen MR) is 77.5 cm³/mol. The number of aromatic nitrogens is 1. The van der Waals surface area contributed by atoms with E-state index in [4.69, 9.17) is 5.84 Å². The van der Waals surface area contributed by atoms with E-state index in [9.17, 15) is 8.42 Å². The van der Waals surface area contributed by atoms with Crippen LogP contribution < -0.4 is 11.3 Å². The molecule has 2 heterocycles. The highest BCUT2D eigenvalue weighted by Gasteiger charge is 2.29. The number of nitrogen functional groups attached to an aromatic ring is 1. The van der Waals surface area contributed by atoms with Gasteiger partial charge in [-0.25, -0.2) is 19.2 Å². The van der Waals surface area contributed by atoms with E-state index < -0.39 is 10.0 Å². The topological polar surface area (TPSA) is 91.6 Å². The highest BCUT2D eigenvalue weighted by molar-refractivity contribution is 7.89. The zero-order valence-corrected chi connectivity index (χ0v) is 12.6. The lowest BCUT2D eigenvalue weighted by molar-refractivity contribution is 0.154. The summed E-state index contributed by atoms with van der Waals surface area (Å²) in [6.07, 6.45) is 1.33. The number of sulfonamides is 1. The van der Waals surface area contributed by atoms with Crippen LogP contribution in [0.5, 0.6) is 0 Å². The lowest BCUT2D eigenvalue weighted by atomic mass is 10.3. The summed E-state index contributed by atoms with van der Waals surface area (Å²) >= 11 is 0. The molecule has 0 amide bonds. The van der Waals surface area contributed by atoms with Gasteiger partial charge in [-0.1, -0.05) is 0 Å². The second-order valence-corrected chi connectivity index (χ2v) is 7.00. The molecule has 3 N–H and O–H groups in total. The van der Waals surface area contributed by atoms with Crippen molar-refractivity contribution in [3.63, 3.8) is 0 Å². The molecule has 1 aromatic heterocycles. The normalized spacial score (nSPS) is 18.4. The Morgan fingerprint density at radius 2 is 1.90 bits per heavy atom. The van der Waals surface area contributed by atoms with E-state index in [0.717, 1.165) is 13.1 Å². The van der Waals surface area contributed by atoms with Crippen LogP contribution >= 0.6 is 0 Å². The third-order valence-electron chi connectivity index (χ3n) is 3.53. The molecule has 1 aromatic rings. The van der Waals surface area contributed by atoms with Crippen molar-refractivity contribution in [1.82, 2.24) is 14.2 Å². The number of nitrogens with one attached hydrogen (secondary N) is 1. The van der Waals surface area contributed by atoms with Crippen molar-refractivity contribution in [1.29, 1.82) is 0 Å². The average molecular weight is 299 g/mol. The molecule has 1 fully saturated rings. The van der Waals surface area contributed by atoms with Gasteiger partial charge in [0.15, 0.2) is 0 Å². The van der Waals surface area contributed by atoms with Crippen molar-refractivity contribution in [2.75, 3.05) is 31.6 Å². The molecule has 2 rings (SSSR count). The smallest absolute Gasteiger partial charge is 0.244 e. The van der Waals surface area contributed by atoms with E-state index in [2.05, 4.69) is 29.2 Å². The van der Waals surface area contributed by atoms with Gasteiger partial charge in [0.25, 0.3) is 0 Å². The fraction of sp³-hybridized carbons (Fsp3) is 0.583. The number of hydrogen-bond acceptors (Lipinski definition) is 6. The van der Waals surface area contributed by atoms with E-state index in [1.54, 1.807) is 6.07 Å². The summed E-state index contributed by atoms with van der Waals surface area (Å²) in [4.78, 5) is 6.42. The maximum Gasteiger partial charge on any atom is 0.244 e. The molecule has 0 bridgehead atoms. The maximum absolute atomic E-state index is 12.5. The Labute approximate surface area is 119 Å². The van der Waals surface area contributed by atoms with Crippen LogP contribution in [-0.2, 0) is 10.0 Å². The summed E-state index contributed by atoms with van der Waals surface area (Å²) < 4.78 is 26.5. The minimum Gasteiger partial charge on any atom is -0.308 e.